The Morgan fingerprint density at radius 3 is 2.44 bits per heavy atom. The van der Waals surface area contributed by atoms with Gasteiger partial charge in [0.1, 0.15) is 6.10 Å². The lowest BCUT2D eigenvalue weighted by Gasteiger charge is -2.58. The maximum Gasteiger partial charge on any atom is 0.338 e. The first kappa shape index (κ1) is 35.0. The van der Waals surface area contributed by atoms with Gasteiger partial charge in [-0.3, -0.25) is 4.79 Å². The minimum Gasteiger partial charge on any atom is -0.462 e. The van der Waals surface area contributed by atoms with Gasteiger partial charge in [-0.15, -0.1) is 0 Å². The molecule has 0 aliphatic heterocycles. The summed E-state index contributed by atoms with van der Waals surface area (Å²) in [5.41, 5.74) is 2.97. The quantitative estimate of drug-likeness (QED) is 0.0878. The molecule has 8 atom stereocenters. The van der Waals surface area contributed by atoms with Crippen LogP contribution in [0.1, 0.15) is 141 Å². The van der Waals surface area contributed by atoms with E-state index in [0.717, 1.165) is 77.6 Å². The fourth-order valence-electron chi connectivity index (χ4n) is 10.4. The Kier molecular flexibility index (Phi) is 11.8. The van der Waals surface area contributed by atoms with Gasteiger partial charge in [-0.05, 0) is 157 Å². The number of rotatable bonds is 13. The van der Waals surface area contributed by atoms with E-state index in [1.54, 1.807) is 17.7 Å². The minimum atomic E-state index is -0.282. The molecule has 4 nitrogen and oxygen atoms in total. The topological polar surface area (TPSA) is 52.6 Å². The summed E-state index contributed by atoms with van der Waals surface area (Å²) in [6.45, 7) is 12.9. The first-order chi connectivity index (χ1) is 21.5. The van der Waals surface area contributed by atoms with E-state index in [1.165, 1.54) is 51.4 Å². The summed E-state index contributed by atoms with van der Waals surface area (Å²) in [7, 11) is 0. The number of ether oxygens (including phenoxy) is 2. The normalized spacial score (nSPS) is 33.0. The van der Waals surface area contributed by atoms with Gasteiger partial charge in [0.25, 0.3) is 0 Å². The van der Waals surface area contributed by atoms with Crippen LogP contribution in [0.15, 0.2) is 35.9 Å². The van der Waals surface area contributed by atoms with Gasteiger partial charge in [0.05, 0.1) is 12.2 Å². The van der Waals surface area contributed by atoms with Crippen molar-refractivity contribution >= 4 is 34.5 Å². The lowest BCUT2D eigenvalue weighted by molar-refractivity contribution is -0.151. The van der Waals surface area contributed by atoms with Crippen LogP contribution in [0.2, 0.25) is 0 Å². The maximum absolute atomic E-state index is 12.7. The molecule has 0 bridgehead atoms. The van der Waals surface area contributed by atoms with Crippen molar-refractivity contribution in [1.82, 2.24) is 0 Å². The zero-order valence-corrected chi connectivity index (χ0v) is 30.9. The van der Waals surface area contributed by atoms with Crippen molar-refractivity contribution in [1.29, 1.82) is 0 Å². The Morgan fingerprint density at radius 1 is 0.911 bits per heavy atom. The molecule has 0 radical (unpaired) electrons. The van der Waals surface area contributed by atoms with Gasteiger partial charge in [-0.25, -0.2) is 4.79 Å². The Bertz CT molecular complexity index is 1190. The highest BCUT2D eigenvalue weighted by atomic mass is 127. The molecule has 0 aromatic heterocycles. The predicted octanol–water partition coefficient (Wildman–Crippen LogP) is 11.0. The molecular formula is C40H59IO4. The summed E-state index contributed by atoms with van der Waals surface area (Å²) in [5, 5.41) is 0. The maximum atomic E-state index is 12.7. The number of hydrogen-bond acceptors (Lipinski definition) is 4. The Morgan fingerprint density at radius 2 is 1.69 bits per heavy atom. The molecule has 1 aromatic rings. The second-order valence-corrected chi connectivity index (χ2v) is 17.3. The molecule has 250 valence electrons. The average molecular weight is 731 g/mol. The fraction of sp³-hybridized carbons (Fsp3) is 0.750. The number of allylic oxidation sites excluding steroid dienone is 1. The van der Waals surface area contributed by atoms with Crippen LogP contribution in [-0.2, 0) is 14.3 Å². The summed E-state index contributed by atoms with van der Waals surface area (Å²) in [5.74, 6) is 4.73. The molecule has 1 unspecified atom stereocenters. The molecule has 0 saturated heterocycles. The number of benzene rings is 1. The number of carbonyl (C=O) groups excluding carboxylic acids is 2. The molecule has 5 rings (SSSR count). The van der Waals surface area contributed by atoms with Crippen LogP contribution in [0.25, 0.3) is 0 Å². The van der Waals surface area contributed by atoms with Gasteiger partial charge in [-0.1, -0.05) is 65.5 Å². The van der Waals surface area contributed by atoms with Crippen LogP contribution in [0.5, 0.6) is 0 Å². The van der Waals surface area contributed by atoms with E-state index in [4.69, 9.17) is 9.47 Å². The van der Waals surface area contributed by atoms with Gasteiger partial charge >= 0.3 is 11.9 Å². The summed E-state index contributed by atoms with van der Waals surface area (Å²) < 4.78 is 12.5. The summed E-state index contributed by atoms with van der Waals surface area (Å²) in [6, 6.07) is 7.40. The van der Waals surface area contributed by atoms with Gasteiger partial charge in [-0.2, -0.15) is 0 Å². The van der Waals surface area contributed by atoms with Gasteiger partial charge in [0.15, 0.2) is 0 Å². The summed E-state index contributed by atoms with van der Waals surface area (Å²) in [4.78, 5) is 24.9. The lowest BCUT2D eigenvalue weighted by Crippen LogP contribution is -2.51. The molecule has 4 aliphatic carbocycles. The molecular weight excluding hydrogens is 671 g/mol. The highest BCUT2D eigenvalue weighted by Gasteiger charge is 2.59. The first-order valence-corrected chi connectivity index (χ1v) is 19.4. The number of halogens is 1. The van der Waals surface area contributed by atoms with Crippen molar-refractivity contribution in [3.05, 3.63) is 45.0 Å². The van der Waals surface area contributed by atoms with Crippen LogP contribution in [0, 0.1) is 49.9 Å². The van der Waals surface area contributed by atoms with Gasteiger partial charge in [0.2, 0.25) is 0 Å². The van der Waals surface area contributed by atoms with E-state index < -0.39 is 0 Å². The zero-order valence-electron chi connectivity index (χ0n) is 28.8. The number of fused-ring (bicyclic) bond motifs is 5. The Hall–Kier alpha value is -1.37. The van der Waals surface area contributed by atoms with Gasteiger partial charge < -0.3 is 9.47 Å². The first-order valence-electron chi connectivity index (χ1n) is 18.3. The summed E-state index contributed by atoms with van der Waals surface area (Å²) in [6.07, 6.45) is 19.6. The number of esters is 2. The Labute approximate surface area is 287 Å². The Balaban J connectivity index is 1.05. The molecule has 0 N–H and O–H groups in total. The van der Waals surface area contributed by atoms with Crippen LogP contribution < -0.4 is 0 Å². The predicted molar refractivity (Wildman–Crippen MR) is 191 cm³/mol. The van der Waals surface area contributed by atoms with E-state index in [-0.39, 0.29) is 23.5 Å². The third-order valence-corrected chi connectivity index (χ3v) is 13.6. The SMILES string of the molecule is CC(C)CCC[C@@H](C)[C@H]1CC[C@H]2[C@@H]3CC=C4CC(OC(=O)CCCCCOC(=O)c5ccc(I)cc5)CC[C@]4(C)[C@H]3CC[C@]12C. The van der Waals surface area contributed by atoms with Crippen molar-refractivity contribution in [3.63, 3.8) is 0 Å². The van der Waals surface area contributed by atoms with Crippen LogP contribution in [-0.4, -0.2) is 24.6 Å². The number of hydrogen-bond donors (Lipinski definition) is 0. The van der Waals surface area contributed by atoms with E-state index in [9.17, 15) is 9.59 Å². The van der Waals surface area contributed by atoms with Crippen molar-refractivity contribution in [2.24, 2.45) is 46.3 Å². The van der Waals surface area contributed by atoms with E-state index >= 15 is 0 Å². The summed E-state index contributed by atoms with van der Waals surface area (Å²) >= 11 is 2.22. The average Bonchev–Trinajstić information content (AvgIpc) is 3.36. The molecule has 5 heteroatoms. The highest BCUT2D eigenvalue weighted by Crippen LogP contribution is 2.67. The third kappa shape index (κ3) is 8.03. The molecule has 0 spiro atoms. The van der Waals surface area contributed by atoms with Crippen LogP contribution >= 0.6 is 22.6 Å². The third-order valence-electron chi connectivity index (χ3n) is 12.9. The molecule has 3 saturated carbocycles. The molecule has 0 amide bonds. The zero-order chi connectivity index (χ0) is 32.2. The van der Waals surface area contributed by atoms with Crippen LogP contribution in [0.3, 0.4) is 0 Å². The molecule has 1 aromatic carbocycles. The van der Waals surface area contributed by atoms with E-state index in [0.29, 0.717) is 24.0 Å². The van der Waals surface area contributed by atoms with Crippen molar-refractivity contribution in [2.45, 2.75) is 137 Å². The lowest BCUT2D eigenvalue weighted by atomic mass is 9.47. The molecule has 45 heavy (non-hydrogen) atoms. The van der Waals surface area contributed by atoms with E-state index in [1.807, 2.05) is 12.1 Å². The monoisotopic (exact) mass is 730 g/mol. The second kappa shape index (κ2) is 15.2. The van der Waals surface area contributed by atoms with Crippen molar-refractivity contribution in [2.75, 3.05) is 6.61 Å². The largest absolute Gasteiger partial charge is 0.462 e. The van der Waals surface area contributed by atoms with Crippen LogP contribution in [0.4, 0.5) is 0 Å². The van der Waals surface area contributed by atoms with Crippen molar-refractivity contribution < 1.29 is 19.1 Å². The van der Waals surface area contributed by atoms with Crippen molar-refractivity contribution in [3.8, 4) is 0 Å². The number of unbranched alkanes of at least 4 members (excludes halogenated alkanes) is 2. The minimum absolute atomic E-state index is 0.0275. The molecule has 4 aliphatic rings. The number of carbonyl (C=O) groups is 2. The smallest absolute Gasteiger partial charge is 0.338 e. The van der Waals surface area contributed by atoms with E-state index in [2.05, 4.69) is 63.3 Å². The molecule has 0 heterocycles. The highest BCUT2D eigenvalue weighted by molar-refractivity contribution is 14.1. The standard InChI is InChI=1S/C40H59IO4/c1-27(2)10-9-11-28(3)34-19-20-35-33-18-15-30-26-32(21-23-39(30,4)36(33)22-24-40(34,35)5)45-37(42)12-7-6-8-25-44-38(43)29-13-16-31(41)17-14-29/h13-17,27-28,32-36H,6-12,18-26H2,1-5H3/t28-,32?,33+,34-,35+,36+,39+,40-/m1/s1. The fourth-order valence-corrected chi connectivity index (χ4v) is 10.7. The molecule has 3 fully saturated rings. The second-order valence-electron chi connectivity index (χ2n) is 16.1. The van der Waals surface area contributed by atoms with Gasteiger partial charge in [0, 0.05) is 16.4 Å².